The summed E-state index contributed by atoms with van der Waals surface area (Å²) in [6.45, 7) is 0. The average molecular weight is 600 g/mol. The van der Waals surface area contributed by atoms with Gasteiger partial charge in [0.2, 0.25) is 0 Å². The molecule has 0 aliphatic heterocycles. The molecule has 0 aliphatic carbocycles. The Hall–Kier alpha value is -6.82. The molecule has 0 saturated carbocycles. The molecule has 0 bridgehead atoms. The molecule has 0 fully saturated rings. The zero-order valence-corrected chi connectivity index (χ0v) is 25.2. The van der Waals surface area contributed by atoms with Gasteiger partial charge in [-0.25, -0.2) is 0 Å². The Labute approximate surface area is 271 Å². The van der Waals surface area contributed by atoms with Crippen LogP contribution in [0.4, 0.5) is 0 Å². The third-order valence-electron chi connectivity index (χ3n) is 8.57. The third kappa shape index (κ3) is 5.09. The summed E-state index contributed by atoms with van der Waals surface area (Å²) in [7, 11) is 0. The number of aromatic nitrogens is 3. The molecule has 47 heavy (non-hydrogen) atoms. The monoisotopic (exact) mass is 599 g/mol. The molecule has 5 aromatic carbocycles. The Morgan fingerprint density at radius 3 is 1.32 bits per heavy atom. The molecular weight excluding hydrogens is 574 g/mol. The van der Waals surface area contributed by atoms with Gasteiger partial charge in [-0.2, -0.15) is 10.5 Å². The van der Waals surface area contributed by atoms with Gasteiger partial charge in [-0.3, -0.25) is 9.97 Å². The van der Waals surface area contributed by atoms with Crippen LogP contribution in [-0.2, 0) is 0 Å². The minimum atomic E-state index is 0.539. The Kier molecular flexibility index (Phi) is 6.84. The van der Waals surface area contributed by atoms with E-state index in [0.29, 0.717) is 11.1 Å². The second-order valence-corrected chi connectivity index (χ2v) is 11.4. The van der Waals surface area contributed by atoms with E-state index in [-0.39, 0.29) is 0 Å². The normalized spacial score (nSPS) is 10.9. The fraction of sp³-hybridized carbons (Fsp3) is 0. The molecule has 0 amide bonds. The highest BCUT2D eigenvalue weighted by Crippen LogP contribution is 2.38. The van der Waals surface area contributed by atoms with Gasteiger partial charge < -0.3 is 4.57 Å². The van der Waals surface area contributed by atoms with Crippen LogP contribution in [0.15, 0.2) is 152 Å². The van der Waals surface area contributed by atoms with Crippen molar-refractivity contribution in [1.82, 2.24) is 14.5 Å². The highest BCUT2D eigenvalue weighted by molar-refractivity contribution is 6.11. The van der Waals surface area contributed by atoms with Gasteiger partial charge in [0.15, 0.2) is 0 Å². The zero-order valence-electron chi connectivity index (χ0n) is 25.2. The molecule has 218 valence electrons. The summed E-state index contributed by atoms with van der Waals surface area (Å²) in [5.74, 6) is 0. The lowest BCUT2D eigenvalue weighted by atomic mass is 9.96. The first-order valence-electron chi connectivity index (χ1n) is 15.2. The molecule has 3 aromatic heterocycles. The molecule has 3 heterocycles. The second-order valence-electron chi connectivity index (χ2n) is 11.4. The lowest BCUT2D eigenvalue weighted by Crippen LogP contribution is -1.93. The first-order valence-corrected chi connectivity index (χ1v) is 15.2. The van der Waals surface area contributed by atoms with E-state index in [1.165, 1.54) is 0 Å². The van der Waals surface area contributed by atoms with Crippen molar-refractivity contribution in [2.75, 3.05) is 0 Å². The van der Waals surface area contributed by atoms with E-state index in [0.717, 1.165) is 72.0 Å². The third-order valence-corrected chi connectivity index (χ3v) is 8.57. The van der Waals surface area contributed by atoms with E-state index in [4.69, 9.17) is 0 Å². The van der Waals surface area contributed by atoms with Crippen LogP contribution >= 0.6 is 0 Å². The highest BCUT2D eigenvalue weighted by atomic mass is 15.0. The molecule has 0 unspecified atom stereocenters. The van der Waals surface area contributed by atoms with Crippen LogP contribution in [0.5, 0.6) is 0 Å². The maximum Gasteiger partial charge on any atom is 0.101 e. The lowest BCUT2D eigenvalue weighted by molar-refractivity contribution is 1.18. The first-order chi connectivity index (χ1) is 23.2. The van der Waals surface area contributed by atoms with Crippen LogP contribution in [-0.4, -0.2) is 14.5 Å². The van der Waals surface area contributed by atoms with E-state index >= 15 is 0 Å². The average Bonchev–Trinajstić information content (AvgIpc) is 3.48. The van der Waals surface area contributed by atoms with Crippen molar-refractivity contribution >= 4 is 21.8 Å². The molecule has 0 spiro atoms. The topological polar surface area (TPSA) is 78.3 Å². The molecule has 0 saturated heterocycles. The van der Waals surface area contributed by atoms with Crippen molar-refractivity contribution in [3.8, 4) is 62.3 Å². The number of pyridine rings is 2. The molecule has 0 aliphatic rings. The summed E-state index contributed by atoms with van der Waals surface area (Å²) >= 11 is 0. The van der Waals surface area contributed by atoms with Crippen molar-refractivity contribution in [2.24, 2.45) is 0 Å². The Bertz CT molecular complexity index is 2390. The minimum absolute atomic E-state index is 0.539. The van der Waals surface area contributed by atoms with E-state index in [1.54, 1.807) is 24.8 Å². The number of nitriles is 2. The Balaban J connectivity index is 1.29. The van der Waals surface area contributed by atoms with Crippen molar-refractivity contribution in [3.63, 3.8) is 0 Å². The van der Waals surface area contributed by atoms with Crippen LogP contribution in [0.3, 0.4) is 0 Å². The summed E-state index contributed by atoms with van der Waals surface area (Å²) in [4.78, 5) is 8.53. The molecule has 0 N–H and O–H groups in total. The molecule has 0 radical (unpaired) electrons. The van der Waals surface area contributed by atoms with E-state index in [9.17, 15) is 10.5 Å². The zero-order chi connectivity index (χ0) is 31.7. The Morgan fingerprint density at radius 2 is 0.851 bits per heavy atom. The molecular formula is C42H25N5. The largest absolute Gasteiger partial charge is 0.309 e. The quantitative estimate of drug-likeness (QED) is 0.197. The number of hydrogen-bond acceptors (Lipinski definition) is 4. The fourth-order valence-electron chi connectivity index (χ4n) is 6.31. The molecule has 0 atom stereocenters. The number of fused-ring (bicyclic) bond motifs is 3. The number of rotatable bonds is 5. The van der Waals surface area contributed by atoms with Gasteiger partial charge in [0, 0.05) is 52.4 Å². The van der Waals surface area contributed by atoms with Crippen molar-refractivity contribution in [2.45, 2.75) is 0 Å². The SMILES string of the molecule is N#Cc1cncc(-c2cccc(-c3ccc4c(c3)c3cc(-c5cccc(-c6cncc(C#N)c6)c5)ccc3n4-c3ccccc3)c2)c1. The van der Waals surface area contributed by atoms with Crippen LogP contribution in [0.1, 0.15) is 11.1 Å². The van der Waals surface area contributed by atoms with Gasteiger partial charge in [-0.05, 0) is 94.0 Å². The number of benzene rings is 5. The van der Waals surface area contributed by atoms with Crippen LogP contribution < -0.4 is 0 Å². The first kappa shape index (κ1) is 27.7. The summed E-state index contributed by atoms with van der Waals surface area (Å²) in [6, 6.07) is 48.7. The van der Waals surface area contributed by atoms with Crippen molar-refractivity contribution in [1.29, 1.82) is 10.5 Å². The summed E-state index contributed by atoms with van der Waals surface area (Å²) in [5.41, 5.74) is 12.7. The minimum Gasteiger partial charge on any atom is -0.309 e. The smallest absolute Gasteiger partial charge is 0.101 e. The molecule has 8 rings (SSSR count). The van der Waals surface area contributed by atoms with Gasteiger partial charge in [0.25, 0.3) is 0 Å². The van der Waals surface area contributed by atoms with Gasteiger partial charge >= 0.3 is 0 Å². The summed E-state index contributed by atoms with van der Waals surface area (Å²) < 4.78 is 2.32. The Morgan fingerprint density at radius 1 is 0.404 bits per heavy atom. The summed E-state index contributed by atoms with van der Waals surface area (Å²) in [5, 5.41) is 21.1. The number of para-hydroxylation sites is 1. The highest BCUT2D eigenvalue weighted by Gasteiger charge is 2.15. The molecule has 5 heteroatoms. The van der Waals surface area contributed by atoms with Gasteiger partial charge in [0.1, 0.15) is 12.1 Å². The van der Waals surface area contributed by atoms with Crippen LogP contribution in [0, 0.1) is 22.7 Å². The summed E-state index contributed by atoms with van der Waals surface area (Å²) in [6.07, 6.45) is 6.75. The number of nitrogens with zero attached hydrogens (tertiary/aromatic N) is 5. The predicted molar refractivity (Wildman–Crippen MR) is 188 cm³/mol. The van der Waals surface area contributed by atoms with E-state index in [1.807, 2.05) is 30.3 Å². The maximum atomic E-state index is 9.39. The van der Waals surface area contributed by atoms with Gasteiger partial charge in [-0.15, -0.1) is 0 Å². The van der Waals surface area contributed by atoms with Crippen molar-refractivity contribution in [3.05, 3.63) is 163 Å². The van der Waals surface area contributed by atoms with Gasteiger partial charge in [-0.1, -0.05) is 66.7 Å². The van der Waals surface area contributed by atoms with E-state index < -0.39 is 0 Å². The number of hydrogen-bond donors (Lipinski definition) is 0. The van der Waals surface area contributed by atoms with Gasteiger partial charge in [0.05, 0.1) is 22.2 Å². The molecule has 5 nitrogen and oxygen atoms in total. The second kappa shape index (κ2) is 11.6. The van der Waals surface area contributed by atoms with Crippen LogP contribution in [0.25, 0.3) is 72.0 Å². The van der Waals surface area contributed by atoms with E-state index in [2.05, 4.69) is 124 Å². The van der Waals surface area contributed by atoms with Crippen molar-refractivity contribution < 1.29 is 0 Å². The lowest BCUT2D eigenvalue weighted by Gasteiger charge is -2.09. The molecule has 8 aromatic rings. The fourth-order valence-corrected chi connectivity index (χ4v) is 6.31. The standard InChI is InChI=1S/C42H25N5/c43-22-28-16-36(26-45-24-28)32-8-4-6-30(18-32)34-12-14-41-39(20-34)40-21-35(13-15-42(40)47(41)38-10-2-1-3-11-38)31-7-5-9-33(19-31)37-17-29(23-44)25-46-27-37/h1-21,24-27H. The maximum absolute atomic E-state index is 9.39. The predicted octanol–water partition coefficient (Wildman–Crippen LogP) is 9.99. The van der Waals surface area contributed by atoms with Crippen LogP contribution in [0.2, 0.25) is 0 Å².